The summed E-state index contributed by atoms with van der Waals surface area (Å²) in [4.78, 5) is 0. The average molecular weight is 370 g/mol. The highest BCUT2D eigenvalue weighted by atomic mass is 28.3. The van der Waals surface area contributed by atoms with Crippen molar-refractivity contribution in [3.63, 3.8) is 0 Å². The molecule has 0 aromatic heterocycles. The molecule has 0 fully saturated rings. The van der Waals surface area contributed by atoms with Crippen molar-refractivity contribution >= 4 is 31.5 Å². The van der Waals surface area contributed by atoms with Gasteiger partial charge in [0.1, 0.15) is 0 Å². The Morgan fingerprint density at radius 2 is 1.37 bits per heavy atom. The van der Waals surface area contributed by atoms with Crippen LogP contribution in [0.5, 0.6) is 0 Å². The molecule has 0 aliphatic rings. The second-order valence-electron chi connectivity index (χ2n) is 7.87. The molecule has 0 unspecified atom stereocenters. The molecule has 0 amide bonds. The smallest absolute Gasteiger partial charge is 0.0775 e. The van der Waals surface area contributed by atoms with E-state index in [1.54, 1.807) is 6.20 Å². The van der Waals surface area contributed by atoms with Gasteiger partial charge in [-0.15, -0.1) is 0 Å². The first-order valence-electron chi connectivity index (χ1n) is 9.27. The van der Waals surface area contributed by atoms with Crippen LogP contribution < -0.4 is 21.4 Å². The number of benzene rings is 3. The molecule has 0 saturated carbocycles. The third kappa shape index (κ3) is 4.47. The van der Waals surface area contributed by atoms with E-state index in [9.17, 15) is 0 Å². The first-order chi connectivity index (χ1) is 12.9. The van der Waals surface area contributed by atoms with Gasteiger partial charge in [-0.3, -0.25) is 0 Å². The van der Waals surface area contributed by atoms with E-state index in [0.717, 1.165) is 21.6 Å². The van der Waals surface area contributed by atoms with Gasteiger partial charge in [-0.25, -0.2) is 0 Å². The summed E-state index contributed by atoms with van der Waals surface area (Å²) < 4.78 is 0. The quantitative estimate of drug-likeness (QED) is 0.689. The van der Waals surface area contributed by atoms with Crippen LogP contribution in [-0.4, -0.2) is 8.07 Å². The minimum Gasteiger partial charge on any atom is -0.404 e. The molecule has 1 nitrogen and oxygen atoms in total. The molecule has 0 spiro atoms. The minimum absolute atomic E-state index is 0.992. The third-order valence-electron chi connectivity index (χ3n) is 4.85. The van der Waals surface area contributed by atoms with Crippen molar-refractivity contribution in [2.24, 2.45) is 5.73 Å². The molecule has 0 bridgehead atoms. The Labute approximate surface area is 163 Å². The maximum atomic E-state index is 5.90. The zero-order valence-corrected chi connectivity index (χ0v) is 17.4. The van der Waals surface area contributed by atoms with Crippen LogP contribution in [0.15, 0.2) is 79.0 Å². The van der Waals surface area contributed by atoms with Crippen LogP contribution in [0.3, 0.4) is 0 Å². The van der Waals surface area contributed by atoms with Crippen LogP contribution in [0.1, 0.15) is 5.56 Å². The number of hydrogen-bond donors (Lipinski definition) is 1. The van der Waals surface area contributed by atoms with E-state index >= 15 is 0 Å². The van der Waals surface area contributed by atoms with Crippen LogP contribution in [0.2, 0.25) is 19.6 Å². The highest BCUT2D eigenvalue weighted by molar-refractivity contribution is 6.88. The Kier molecular flexibility index (Phi) is 5.48. The minimum atomic E-state index is -1.26. The molecule has 0 heterocycles. The number of allylic oxidation sites excluding steroid dienone is 1. The summed E-state index contributed by atoms with van der Waals surface area (Å²) in [6.45, 7) is 11.2. The molecule has 2 N–H and O–H groups in total. The Bertz CT molecular complexity index is 1050. The summed E-state index contributed by atoms with van der Waals surface area (Å²) in [6, 6.07) is 25.7. The van der Waals surface area contributed by atoms with Gasteiger partial charge in [0, 0.05) is 6.20 Å². The van der Waals surface area contributed by atoms with E-state index in [0.29, 0.717) is 0 Å². The van der Waals surface area contributed by atoms with Gasteiger partial charge >= 0.3 is 0 Å². The van der Waals surface area contributed by atoms with E-state index in [1.807, 2.05) is 18.2 Å². The first-order valence-corrected chi connectivity index (χ1v) is 12.8. The standard InChI is InChI=1S/C25H27NSi/c1-19-7-5-6-8-23(19)17-24(18-26)22-11-9-20(10-12-22)21-13-15-25(16-14-21)27(2,3)4/h5-18H,1,26H2,2-4H3/b23-17-,24-18+. The molecule has 3 aromatic rings. The molecule has 0 aliphatic carbocycles. The lowest BCUT2D eigenvalue weighted by molar-refractivity contribution is 1.51. The molecule has 0 aliphatic heterocycles. The Balaban J connectivity index is 1.90. The second kappa shape index (κ2) is 7.81. The van der Waals surface area contributed by atoms with Gasteiger partial charge in [0.25, 0.3) is 0 Å². The van der Waals surface area contributed by atoms with Gasteiger partial charge in [-0.2, -0.15) is 0 Å². The SMILES string of the molecule is C=c1cccc/c1=C/C(=C\N)c1ccc(-c2ccc([Si](C)(C)C)cc2)cc1. The zero-order valence-electron chi connectivity index (χ0n) is 16.4. The van der Waals surface area contributed by atoms with Crippen LogP contribution in [-0.2, 0) is 0 Å². The van der Waals surface area contributed by atoms with Gasteiger partial charge in [-0.05, 0) is 38.8 Å². The molecule has 136 valence electrons. The van der Waals surface area contributed by atoms with E-state index in [4.69, 9.17) is 5.73 Å². The maximum Gasteiger partial charge on any atom is 0.0775 e. The van der Waals surface area contributed by atoms with Gasteiger partial charge in [-0.1, -0.05) is 104 Å². The first kappa shape index (κ1) is 18.9. The predicted octanol–water partition coefficient (Wildman–Crippen LogP) is 4.09. The summed E-state index contributed by atoms with van der Waals surface area (Å²) in [6.07, 6.45) is 3.74. The van der Waals surface area contributed by atoms with Crippen molar-refractivity contribution < 1.29 is 0 Å². The van der Waals surface area contributed by atoms with Crippen molar-refractivity contribution in [2.75, 3.05) is 0 Å². The summed E-state index contributed by atoms with van der Waals surface area (Å²) in [5.41, 5.74) is 10.5. The van der Waals surface area contributed by atoms with Gasteiger partial charge in [0.15, 0.2) is 0 Å². The van der Waals surface area contributed by atoms with Crippen molar-refractivity contribution in [2.45, 2.75) is 19.6 Å². The van der Waals surface area contributed by atoms with Crippen molar-refractivity contribution in [3.05, 3.63) is 95.0 Å². The summed E-state index contributed by atoms with van der Waals surface area (Å²) in [7, 11) is -1.26. The number of hydrogen-bond acceptors (Lipinski definition) is 1. The fourth-order valence-corrected chi connectivity index (χ4v) is 4.25. The topological polar surface area (TPSA) is 26.0 Å². The molecular weight excluding hydrogens is 342 g/mol. The van der Waals surface area contributed by atoms with E-state index in [2.05, 4.69) is 86.9 Å². The lowest BCUT2D eigenvalue weighted by Gasteiger charge is -2.16. The van der Waals surface area contributed by atoms with E-state index in [-0.39, 0.29) is 0 Å². The van der Waals surface area contributed by atoms with E-state index in [1.165, 1.54) is 16.3 Å². The van der Waals surface area contributed by atoms with Crippen molar-refractivity contribution in [1.82, 2.24) is 0 Å². The summed E-state index contributed by atoms with van der Waals surface area (Å²) in [5, 5.41) is 3.56. The number of rotatable bonds is 4. The van der Waals surface area contributed by atoms with Gasteiger partial charge < -0.3 is 5.73 Å². The predicted molar refractivity (Wildman–Crippen MR) is 123 cm³/mol. The Hall–Kier alpha value is -2.84. The molecule has 3 aromatic carbocycles. The molecule has 3 rings (SSSR count). The van der Waals surface area contributed by atoms with Crippen LogP contribution in [0.4, 0.5) is 0 Å². The molecule has 0 saturated heterocycles. The molecule has 0 atom stereocenters. The molecular formula is C25H27NSi. The lowest BCUT2D eigenvalue weighted by atomic mass is 10.00. The third-order valence-corrected chi connectivity index (χ3v) is 6.91. The fourth-order valence-electron chi connectivity index (χ4n) is 3.09. The highest BCUT2D eigenvalue weighted by Crippen LogP contribution is 2.23. The van der Waals surface area contributed by atoms with Gasteiger partial charge in [0.05, 0.1) is 8.07 Å². The molecule has 27 heavy (non-hydrogen) atoms. The summed E-state index contributed by atoms with van der Waals surface area (Å²) in [5.74, 6) is 0. The fraction of sp³-hybridized carbons (Fsp3) is 0.120. The van der Waals surface area contributed by atoms with Gasteiger partial charge in [0.2, 0.25) is 0 Å². The summed E-state index contributed by atoms with van der Waals surface area (Å²) >= 11 is 0. The molecule has 2 heteroatoms. The monoisotopic (exact) mass is 369 g/mol. The van der Waals surface area contributed by atoms with Crippen LogP contribution in [0.25, 0.3) is 29.4 Å². The average Bonchev–Trinajstić information content (AvgIpc) is 2.67. The van der Waals surface area contributed by atoms with Crippen LogP contribution >= 0.6 is 0 Å². The van der Waals surface area contributed by atoms with Crippen LogP contribution in [0, 0.1) is 0 Å². The lowest BCUT2D eigenvalue weighted by Crippen LogP contribution is -2.37. The molecule has 0 radical (unpaired) electrons. The Morgan fingerprint density at radius 1 is 0.815 bits per heavy atom. The number of nitrogens with two attached hydrogens (primary N) is 1. The second-order valence-corrected chi connectivity index (χ2v) is 12.9. The Morgan fingerprint density at radius 3 is 1.89 bits per heavy atom. The largest absolute Gasteiger partial charge is 0.404 e. The van der Waals surface area contributed by atoms with Crippen molar-refractivity contribution in [1.29, 1.82) is 0 Å². The van der Waals surface area contributed by atoms with E-state index < -0.39 is 8.07 Å². The van der Waals surface area contributed by atoms with Crippen molar-refractivity contribution in [3.8, 4) is 11.1 Å². The highest BCUT2D eigenvalue weighted by Gasteiger charge is 2.15. The maximum absolute atomic E-state index is 5.90. The zero-order chi connectivity index (χ0) is 19.4. The normalized spacial score (nSPS) is 13.0.